The van der Waals surface area contributed by atoms with Gasteiger partial charge in [-0.2, -0.15) is 23.5 Å². The molecule has 3 rings (SSSR count). The minimum Gasteiger partial charge on any atom is -0.355 e. The Hall–Kier alpha value is 0.660. The van der Waals surface area contributed by atoms with E-state index < -0.39 is 0 Å². The lowest BCUT2D eigenvalue weighted by Gasteiger charge is -2.48. The summed E-state index contributed by atoms with van der Waals surface area (Å²) in [7, 11) is 1.91. The van der Waals surface area contributed by atoms with Gasteiger partial charge in [0.2, 0.25) is 0 Å². The zero-order valence-electron chi connectivity index (χ0n) is 15.6. The van der Waals surface area contributed by atoms with E-state index in [1.54, 1.807) is 0 Å². The van der Waals surface area contributed by atoms with Crippen molar-refractivity contribution in [1.82, 2.24) is 15.5 Å². The molecule has 2 aliphatic heterocycles. The molecule has 0 radical (unpaired) electrons. The maximum Gasteiger partial charge on any atom is 0.191 e. The topological polar surface area (TPSA) is 39.7 Å². The molecule has 0 aromatic carbocycles. The summed E-state index contributed by atoms with van der Waals surface area (Å²) in [4.78, 5) is 7.30. The lowest BCUT2D eigenvalue weighted by Crippen LogP contribution is -2.60. The minimum atomic E-state index is 0. The molecule has 25 heavy (non-hydrogen) atoms. The van der Waals surface area contributed by atoms with Crippen LogP contribution in [0.1, 0.15) is 44.9 Å². The highest BCUT2D eigenvalue weighted by Gasteiger charge is 2.38. The van der Waals surface area contributed by atoms with Crippen LogP contribution in [0.3, 0.4) is 0 Å². The first kappa shape index (κ1) is 22.0. The summed E-state index contributed by atoms with van der Waals surface area (Å²) in [6.45, 7) is 3.58. The van der Waals surface area contributed by atoms with Crippen LogP contribution in [0.2, 0.25) is 0 Å². The molecule has 0 aromatic heterocycles. The van der Waals surface area contributed by atoms with Gasteiger partial charge < -0.3 is 10.6 Å². The summed E-state index contributed by atoms with van der Waals surface area (Å²) in [5.41, 5.74) is 0.359. The van der Waals surface area contributed by atoms with Gasteiger partial charge in [0.25, 0.3) is 0 Å². The SMILES string of the molecule is CN=C(NCC1(N2CCSCC2)CCCCC1)NC1CCCSC1.I. The van der Waals surface area contributed by atoms with E-state index in [1.807, 2.05) is 7.05 Å². The Morgan fingerprint density at radius 1 is 1.08 bits per heavy atom. The van der Waals surface area contributed by atoms with Crippen LogP contribution in [0.25, 0.3) is 0 Å². The van der Waals surface area contributed by atoms with Crippen molar-refractivity contribution in [2.75, 3.05) is 49.7 Å². The smallest absolute Gasteiger partial charge is 0.191 e. The van der Waals surface area contributed by atoms with Crippen molar-refractivity contribution in [3.63, 3.8) is 0 Å². The third-order valence-corrected chi connectivity index (χ3v) is 7.93. The highest BCUT2D eigenvalue weighted by Crippen LogP contribution is 2.34. The number of rotatable bonds is 4. The lowest BCUT2D eigenvalue weighted by atomic mass is 9.80. The highest BCUT2D eigenvalue weighted by molar-refractivity contribution is 14.0. The summed E-state index contributed by atoms with van der Waals surface area (Å²) in [6.07, 6.45) is 9.49. The molecule has 0 spiro atoms. The normalized spacial score (nSPS) is 28.0. The number of nitrogens with zero attached hydrogens (tertiary/aromatic N) is 2. The maximum absolute atomic E-state index is 4.51. The third kappa shape index (κ3) is 6.35. The molecule has 0 amide bonds. The van der Waals surface area contributed by atoms with Crippen LogP contribution in [0.5, 0.6) is 0 Å². The van der Waals surface area contributed by atoms with Crippen LogP contribution in [-0.4, -0.2) is 72.1 Å². The molecule has 1 aliphatic carbocycles. The second kappa shape index (κ2) is 11.5. The van der Waals surface area contributed by atoms with Gasteiger partial charge in [0.1, 0.15) is 0 Å². The van der Waals surface area contributed by atoms with E-state index in [2.05, 4.69) is 44.0 Å². The minimum absolute atomic E-state index is 0. The largest absolute Gasteiger partial charge is 0.355 e. The van der Waals surface area contributed by atoms with E-state index in [0.717, 1.165) is 12.5 Å². The van der Waals surface area contributed by atoms with Crippen molar-refractivity contribution in [1.29, 1.82) is 0 Å². The van der Waals surface area contributed by atoms with Crippen molar-refractivity contribution in [2.45, 2.75) is 56.5 Å². The van der Waals surface area contributed by atoms with E-state index in [0.29, 0.717) is 11.6 Å². The summed E-state index contributed by atoms with van der Waals surface area (Å²) in [5, 5.41) is 7.37. The molecule has 1 saturated carbocycles. The molecule has 1 unspecified atom stereocenters. The van der Waals surface area contributed by atoms with E-state index in [1.165, 1.54) is 81.0 Å². The second-order valence-corrected chi connectivity index (χ2v) is 9.74. The molecule has 2 heterocycles. The number of aliphatic imine (C=N–C) groups is 1. The first-order valence-electron chi connectivity index (χ1n) is 9.70. The van der Waals surface area contributed by atoms with E-state index in [4.69, 9.17) is 0 Å². The van der Waals surface area contributed by atoms with Crippen molar-refractivity contribution < 1.29 is 0 Å². The number of hydrogen-bond acceptors (Lipinski definition) is 4. The van der Waals surface area contributed by atoms with Crippen LogP contribution in [-0.2, 0) is 0 Å². The van der Waals surface area contributed by atoms with Gasteiger partial charge in [-0.1, -0.05) is 19.3 Å². The Kier molecular flexibility index (Phi) is 10.1. The fourth-order valence-electron chi connectivity index (χ4n) is 4.34. The van der Waals surface area contributed by atoms with Gasteiger partial charge in [-0.25, -0.2) is 0 Å². The average Bonchev–Trinajstić information content (AvgIpc) is 2.67. The monoisotopic (exact) mass is 498 g/mol. The fourth-order valence-corrected chi connectivity index (χ4v) is 6.32. The zero-order valence-corrected chi connectivity index (χ0v) is 19.6. The Bertz CT molecular complexity index is 404. The third-order valence-electron chi connectivity index (χ3n) is 5.78. The number of guanidine groups is 1. The summed E-state index contributed by atoms with van der Waals surface area (Å²) in [6, 6.07) is 0.587. The Labute approximate surface area is 179 Å². The molecule has 3 fully saturated rings. The van der Waals surface area contributed by atoms with E-state index in [9.17, 15) is 0 Å². The molecule has 2 saturated heterocycles. The Morgan fingerprint density at radius 3 is 2.48 bits per heavy atom. The number of hydrogen-bond donors (Lipinski definition) is 2. The van der Waals surface area contributed by atoms with Gasteiger partial charge in [-0.15, -0.1) is 24.0 Å². The van der Waals surface area contributed by atoms with E-state index >= 15 is 0 Å². The molecule has 4 nitrogen and oxygen atoms in total. The van der Waals surface area contributed by atoms with Crippen molar-refractivity contribution in [2.24, 2.45) is 4.99 Å². The number of nitrogens with one attached hydrogen (secondary N) is 2. The molecular formula is C18H35IN4S2. The number of halogens is 1. The average molecular weight is 499 g/mol. The van der Waals surface area contributed by atoms with Crippen LogP contribution < -0.4 is 10.6 Å². The highest BCUT2D eigenvalue weighted by atomic mass is 127. The van der Waals surface area contributed by atoms with Gasteiger partial charge in [0.15, 0.2) is 5.96 Å². The van der Waals surface area contributed by atoms with Crippen LogP contribution in [0, 0.1) is 0 Å². The van der Waals surface area contributed by atoms with Crippen LogP contribution in [0.4, 0.5) is 0 Å². The van der Waals surface area contributed by atoms with Gasteiger partial charge in [0.05, 0.1) is 0 Å². The van der Waals surface area contributed by atoms with Gasteiger partial charge >= 0.3 is 0 Å². The molecule has 0 aromatic rings. The predicted octanol–water partition coefficient (Wildman–Crippen LogP) is 3.42. The molecule has 0 bridgehead atoms. The number of thioether (sulfide) groups is 2. The van der Waals surface area contributed by atoms with Gasteiger partial charge in [0, 0.05) is 55.5 Å². The first-order chi connectivity index (χ1) is 11.8. The molecular weight excluding hydrogens is 463 g/mol. The van der Waals surface area contributed by atoms with Crippen molar-refractivity contribution in [3.8, 4) is 0 Å². The molecule has 2 N–H and O–H groups in total. The quantitative estimate of drug-likeness (QED) is 0.353. The van der Waals surface area contributed by atoms with Gasteiger partial charge in [-0.3, -0.25) is 9.89 Å². The first-order valence-corrected chi connectivity index (χ1v) is 12.0. The Morgan fingerprint density at radius 2 is 1.84 bits per heavy atom. The summed E-state index contributed by atoms with van der Waals surface area (Å²) < 4.78 is 0. The molecule has 1 atom stereocenters. The summed E-state index contributed by atoms with van der Waals surface area (Å²) in [5.74, 6) is 6.15. The standard InChI is InChI=1S/C18H34N4S2.HI/c1-19-17(21-16-6-5-11-24-14-16)20-15-18(7-3-2-4-8-18)22-9-12-23-13-10-22;/h16H,2-15H2,1H3,(H2,19,20,21);1H. The molecule has 3 aliphatic rings. The van der Waals surface area contributed by atoms with Crippen molar-refractivity contribution >= 4 is 53.5 Å². The van der Waals surface area contributed by atoms with Crippen LogP contribution in [0.15, 0.2) is 4.99 Å². The van der Waals surface area contributed by atoms with E-state index in [-0.39, 0.29) is 24.0 Å². The molecule has 146 valence electrons. The second-order valence-electron chi connectivity index (χ2n) is 7.37. The lowest BCUT2D eigenvalue weighted by molar-refractivity contribution is 0.0625. The predicted molar refractivity (Wildman–Crippen MR) is 125 cm³/mol. The van der Waals surface area contributed by atoms with Crippen molar-refractivity contribution in [3.05, 3.63) is 0 Å². The van der Waals surface area contributed by atoms with Crippen LogP contribution >= 0.6 is 47.5 Å². The Balaban J connectivity index is 0.00000225. The summed E-state index contributed by atoms with van der Waals surface area (Å²) >= 11 is 4.18. The maximum atomic E-state index is 4.51. The zero-order chi connectivity index (χ0) is 16.7. The fraction of sp³-hybridized carbons (Fsp3) is 0.944. The molecule has 7 heteroatoms. The van der Waals surface area contributed by atoms with Gasteiger partial charge in [-0.05, 0) is 31.4 Å².